The largest absolute Gasteiger partial charge is 0.0843 e. The van der Waals surface area contributed by atoms with Gasteiger partial charge in [-0.15, -0.1) is 0 Å². The zero-order valence-corrected chi connectivity index (χ0v) is 12.3. The summed E-state index contributed by atoms with van der Waals surface area (Å²) in [6.07, 6.45) is 0. The monoisotopic (exact) mass is 358 g/mol. The minimum atomic E-state index is 0.181. The Morgan fingerprint density at radius 3 is 2.19 bits per heavy atom. The van der Waals surface area contributed by atoms with E-state index in [1.165, 1.54) is 11.1 Å². The molecule has 0 amide bonds. The summed E-state index contributed by atoms with van der Waals surface area (Å²) in [5, 5.41) is 0.760. The topological polar surface area (TPSA) is 0 Å². The molecular formula is C13H9Br2Cl. The Hall–Kier alpha value is -0.310. The van der Waals surface area contributed by atoms with Crippen molar-refractivity contribution < 1.29 is 0 Å². The molecule has 0 aliphatic heterocycles. The van der Waals surface area contributed by atoms with Crippen LogP contribution in [0.15, 0.2) is 53.0 Å². The highest BCUT2D eigenvalue weighted by Crippen LogP contribution is 2.35. The van der Waals surface area contributed by atoms with E-state index < -0.39 is 0 Å². The van der Waals surface area contributed by atoms with Crippen LogP contribution in [0, 0.1) is 0 Å². The van der Waals surface area contributed by atoms with Crippen molar-refractivity contribution in [3.05, 3.63) is 69.2 Å². The lowest BCUT2D eigenvalue weighted by molar-refractivity contribution is 1.16. The molecule has 1 atom stereocenters. The molecule has 2 aromatic rings. The number of halogens is 3. The first kappa shape index (κ1) is 12.2. The van der Waals surface area contributed by atoms with Gasteiger partial charge in [0, 0.05) is 9.50 Å². The molecule has 0 N–H and O–H groups in total. The summed E-state index contributed by atoms with van der Waals surface area (Å²) < 4.78 is 1.10. The van der Waals surface area contributed by atoms with Crippen LogP contribution in [-0.4, -0.2) is 0 Å². The van der Waals surface area contributed by atoms with E-state index >= 15 is 0 Å². The third kappa shape index (κ3) is 2.68. The van der Waals surface area contributed by atoms with Crippen LogP contribution in [0.5, 0.6) is 0 Å². The highest BCUT2D eigenvalue weighted by Gasteiger charge is 2.12. The van der Waals surface area contributed by atoms with Gasteiger partial charge in [-0.2, -0.15) is 0 Å². The summed E-state index contributed by atoms with van der Waals surface area (Å²) in [5.74, 6) is 0. The molecule has 1 unspecified atom stereocenters. The number of benzene rings is 2. The van der Waals surface area contributed by atoms with Crippen molar-refractivity contribution in [2.75, 3.05) is 0 Å². The van der Waals surface area contributed by atoms with E-state index in [-0.39, 0.29) is 4.83 Å². The average Bonchev–Trinajstić information content (AvgIpc) is 2.30. The van der Waals surface area contributed by atoms with Crippen LogP contribution in [0.2, 0.25) is 5.02 Å². The van der Waals surface area contributed by atoms with Crippen molar-refractivity contribution in [3.63, 3.8) is 0 Å². The lowest BCUT2D eigenvalue weighted by atomic mass is 10.1. The van der Waals surface area contributed by atoms with Crippen molar-refractivity contribution in [1.82, 2.24) is 0 Å². The van der Waals surface area contributed by atoms with Crippen molar-refractivity contribution >= 4 is 43.5 Å². The molecule has 0 radical (unpaired) electrons. The van der Waals surface area contributed by atoms with Gasteiger partial charge in [0.15, 0.2) is 0 Å². The summed E-state index contributed by atoms with van der Waals surface area (Å²) in [4.78, 5) is 0.181. The van der Waals surface area contributed by atoms with Crippen molar-refractivity contribution in [2.45, 2.75) is 4.83 Å². The van der Waals surface area contributed by atoms with E-state index in [0.717, 1.165) is 9.50 Å². The Bertz CT molecular complexity index is 480. The molecule has 0 aliphatic carbocycles. The Labute approximate surface area is 117 Å². The van der Waals surface area contributed by atoms with E-state index in [4.69, 9.17) is 11.6 Å². The molecule has 0 bridgehead atoms. The molecule has 3 heteroatoms. The number of hydrogen-bond acceptors (Lipinski definition) is 0. The highest BCUT2D eigenvalue weighted by atomic mass is 79.9. The summed E-state index contributed by atoms with van der Waals surface area (Å²) >= 11 is 13.1. The molecule has 0 saturated carbocycles. The molecule has 82 valence electrons. The molecule has 2 rings (SSSR count). The van der Waals surface area contributed by atoms with Gasteiger partial charge in [-0.3, -0.25) is 0 Å². The third-order valence-electron chi connectivity index (χ3n) is 2.34. The SMILES string of the molecule is Clc1ccc(C(Br)c2ccccc2Br)cc1. The quantitative estimate of drug-likeness (QED) is 0.613. The summed E-state index contributed by atoms with van der Waals surface area (Å²) in [6.45, 7) is 0. The zero-order valence-electron chi connectivity index (χ0n) is 8.33. The second kappa shape index (κ2) is 5.35. The van der Waals surface area contributed by atoms with Crippen LogP contribution in [0.1, 0.15) is 16.0 Å². The predicted octanol–water partition coefficient (Wildman–Crippen LogP) is 5.59. The van der Waals surface area contributed by atoms with Crippen molar-refractivity contribution in [1.29, 1.82) is 0 Å². The molecule has 0 saturated heterocycles. The fourth-order valence-corrected chi connectivity index (χ4v) is 3.14. The molecule has 16 heavy (non-hydrogen) atoms. The number of alkyl halides is 1. The molecule has 0 aromatic heterocycles. The van der Waals surface area contributed by atoms with E-state index in [2.05, 4.69) is 37.9 Å². The first-order chi connectivity index (χ1) is 7.68. The van der Waals surface area contributed by atoms with Gasteiger partial charge in [0.1, 0.15) is 0 Å². The lowest BCUT2D eigenvalue weighted by Crippen LogP contribution is -1.93. The summed E-state index contributed by atoms with van der Waals surface area (Å²) in [5.41, 5.74) is 2.40. The van der Waals surface area contributed by atoms with Gasteiger partial charge in [-0.1, -0.05) is 73.8 Å². The van der Waals surface area contributed by atoms with Crippen LogP contribution in [0.25, 0.3) is 0 Å². The van der Waals surface area contributed by atoms with Crippen LogP contribution in [0.4, 0.5) is 0 Å². The number of hydrogen-bond donors (Lipinski definition) is 0. The fraction of sp³-hybridized carbons (Fsp3) is 0.0769. The molecule has 2 aromatic carbocycles. The second-order valence-electron chi connectivity index (χ2n) is 3.44. The van der Waals surface area contributed by atoms with Crippen LogP contribution in [-0.2, 0) is 0 Å². The molecule has 0 spiro atoms. The maximum Gasteiger partial charge on any atom is 0.0655 e. The Kier molecular flexibility index (Phi) is 4.06. The Morgan fingerprint density at radius 1 is 0.938 bits per heavy atom. The first-order valence-electron chi connectivity index (χ1n) is 4.82. The van der Waals surface area contributed by atoms with Crippen molar-refractivity contribution in [3.8, 4) is 0 Å². The van der Waals surface area contributed by atoms with Gasteiger partial charge in [0.25, 0.3) is 0 Å². The molecular weight excluding hydrogens is 351 g/mol. The van der Waals surface area contributed by atoms with Gasteiger partial charge in [-0.05, 0) is 29.3 Å². The van der Waals surface area contributed by atoms with E-state index in [9.17, 15) is 0 Å². The standard InChI is InChI=1S/C13H9Br2Cl/c14-12-4-2-1-3-11(12)13(15)9-5-7-10(16)8-6-9/h1-8,13H. The zero-order chi connectivity index (χ0) is 11.5. The molecule has 0 heterocycles. The first-order valence-corrected chi connectivity index (χ1v) is 6.91. The molecule has 0 aliphatic rings. The third-order valence-corrected chi connectivity index (χ3v) is 4.34. The minimum Gasteiger partial charge on any atom is -0.0843 e. The Morgan fingerprint density at radius 2 is 1.56 bits per heavy atom. The Balaban J connectivity index is 2.35. The van der Waals surface area contributed by atoms with Gasteiger partial charge in [0.05, 0.1) is 4.83 Å². The maximum absolute atomic E-state index is 5.87. The van der Waals surface area contributed by atoms with Crippen LogP contribution >= 0.6 is 43.5 Å². The lowest BCUT2D eigenvalue weighted by Gasteiger charge is -2.12. The van der Waals surface area contributed by atoms with Crippen molar-refractivity contribution in [2.24, 2.45) is 0 Å². The predicted molar refractivity (Wildman–Crippen MR) is 76.4 cm³/mol. The van der Waals surface area contributed by atoms with Gasteiger partial charge >= 0.3 is 0 Å². The van der Waals surface area contributed by atoms with Crippen LogP contribution < -0.4 is 0 Å². The highest BCUT2D eigenvalue weighted by molar-refractivity contribution is 9.11. The molecule has 0 fully saturated rings. The van der Waals surface area contributed by atoms with E-state index in [1.807, 2.05) is 42.5 Å². The summed E-state index contributed by atoms with van der Waals surface area (Å²) in [6, 6.07) is 16.0. The van der Waals surface area contributed by atoms with Gasteiger partial charge < -0.3 is 0 Å². The average molecular weight is 360 g/mol. The number of rotatable bonds is 2. The normalized spacial score (nSPS) is 12.4. The minimum absolute atomic E-state index is 0.181. The van der Waals surface area contributed by atoms with E-state index in [1.54, 1.807) is 0 Å². The fourth-order valence-electron chi connectivity index (χ4n) is 1.49. The maximum atomic E-state index is 5.87. The van der Waals surface area contributed by atoms with Crippen LogP contribution in [0.3, 0.4) is 0 Å². The van der Waals surface area contributed by atoms with Gasteiger partial charge in [-0.25, -0.2) is 0 Å². The summed E-state index contributed by atoms with van der Waals surface area (Å²) in [7, 11) is 0. The second-order valence-corrected chi connectivity index (χ2v) is 5.64. The smallest absolute Gasteiger partial charge is 0.0655 e. The van der Waals surface area contributed by atoms with E-state index in [0.29, 0.717) is 0 Å². The van der Waals surface area contributed by atoms with Gasteiger partial charge in [0.2, 0.25) is 0 Å². The molecule has 0 nitrogen and oxygen atoms in total.